The molecule has 0 aliphatic heterocycles. The lowest BCUT2D eigenvalue weighted by atomic mass is 10.2. The molecule has 0 saturated carbocycles. The van der Waals surface area contributed by atoms with E-state index in [9.17, 15) is 0 Å². The van der Waals surface area contributed by atoms with Crippen molar-refractivity contribution in [3.8, 4) is 0 Å². The molecule has 0 bridgehead atoms. The molecule has 2 aromatic heterocycles. The monoisotopic (exact) mass is 195 g/mol. The van der Waals surface area contributed by atoms with Gasteiger partial charge in [0.15, 0.2) is 5.82 Å². The van der Waals surface area contributed by atoms with Crippen molar-refractivity contribution in [3.63, 3.8) is 0 Å². The van der Waals surface area contributed by atoms with Crippen LogP contribution in [0.2, 0.25) is 0 Å². The van der Waals surface area contributed by atoms with Crippen LogP contribution in [0.15, 0.2) is 22.0 Å². The molecule has 4 N–H and O–H groups in total. The molecule has 5 heteroatoms. The van der Waals surface area contributed by atoms with E-state index < -0.39 is 0 Å². The first-order valence-electron chi connectivity index (χ1n) is 3.79. The van der Waals surface area contributed by atoms with Gasteiger partial charge in [0, 0.05) is 11.3 Å². The minimum atomic E-state index is 0.311. The van der Waals surface area contributed by atoms with E-state index in [1.54, 1.807) is 11.3 Å². The summed E-state index contributed by atoms with van der Waals surface area (Å²) in [6, 6.07) is 4.01. The predicted molar refractivity (Wildman–Crippen MR) is 52.5 cm³/mol. The highest BCUT2D eigenvalue weighted by Gasteiger charge is 2.11. The van der Waals surface area contributed by atoms with Gasteiger partial charge < -0.3 is 16.0 Å². The molecule has 0 fully saturated rings. The van der Waals surface area contributed by atoms with Crippen molar-refractivity contribution in [2.45, 2.75) is 6.42 Å². The van der Waals surface area contributed by atoms with Crippen molar-refractivity contribution in [1.29, 1.82) is 0 Å². The SMILES string of the molecule is Nc1noc(N)c1Cc1cccs1. The van der Waals surface area contributed by atoms with Crippen molar-refractivity contribution in [2.75, 3.05) is 11.5 Å². The zero-order valence-corrected chi connectivity index (χ0v) is 7.67. The number of aromatic nitrogens is 1. The highest BCUT2D eigenvalue weighted by molar-refractivity contribution is 7.09. The molecule has 0 atom stereocenters. The van der Waals surface area contributed by atoms with E-state index in [2.05, 4.69) is 5.16 Å². The molecule has 2 aromatic rings. The lowest BCUT2D eigenvalue weighted by molar-refractivity contribution is 0.439. The summed E-state index contributed by atoms with van der Waals surface area (Å²) in [5.74, 6) is 0.691. The zero-order chi connectivity index (χ0) is 9.26. The Kier molecular flexibility index (Phi) is 1.94. The summed E-state index contributed by atoms with van der Waals surface area (Å²) in [6.45, 7) is 0. The van der Waals surface area contributed by atoms with Gasteiger partial charge in [0.25, 0.3) is 0 Å². The quantitative estimate of drug-likeness (QED) is 0.761. The Morgan fingerprint density at radius 1 is 1.46 bits per heavy atom. The predicted octanol–water partition coefficient (Wildman–Crippen LogP) is 1.49. The number of rotatable bonds is 2. The molecule has 0 aliphatic carbocycles. The van der Waals surface area contributed by atoms with Gasteiger partial charge in [-0.25, -0.2) is 0 Å². The summed E-state index contributed by atoms with van der Waals surface area (Å²) in [7, 11) is 0. The van der Waals surface area contributed by atoms with Crippen LogP contribution in [-0.2, 0) is 6.42 Å². The molecule has 2 rings (SSSR count). The van der Waals surface area contributed by atoms with Gasteiger partial charge in [-0.3, -0.25) is 0 Å². The fourth-order valence-electron chi connectivity index (χ4n) is 1.10. The highest BCUT2D eigenvalue weighted by Crippen LogP contribution is 2.23. The second-order valence-corrected chi connectivity index (χ2v) is 3.70. The molecule has 0 aromatic carbocycles. The standard InChI is InChI=1S/C8H9N3OS/c9-7-6(8(10)12-11-7)4-5-2-1-3-13-5/h1-3H,4,10H2,(H2,9,11). The van der Waals surface area contributed by atoms with Crippen LogP contribution in [0.3, 0.4) is 0 Å². The van der Waals surface area contributed by atoms with E-state index in [4.69, 9.17) is 16.0 Å². The average molecular weight is 195 g/mol. The number of hydrogen-bond donors (Lipinski definition) is 2. The van der Waals surface area contributed by atoms with Gasteiger partial charge in [0.2, 0.25) is 5.88 Å². The maximum atomic E-state index is 5.58. The summed E-state index contributed by atoms with van der Waals surface area (Å²) < 4.78 is 4.75. The molecule has 2 heterocycles. The van der Waals surface area contributed by atoms with Crippen LogP contribution in [-0.4, -0.2) is 5.16 Å². The lowest BCUT2D eigenvalue weighted by Crippen LogP contribution is -1.95. The second kappa shape index (κ2) is 3.10. The number of anilines is 2. The van der Waals surface area contributed by atoms with Crippen LogP contribution in [0.5, 0.6) is 0 Å². The topological polar surface area (TPSA) is 78.1 Å². The van der Waals surface area contributed by atoms with Crippen LogP contribution in [0.25, 0.3) is 0 Å². The maximum Gasteiger partial charge on any atom is 0.227 e. The van der Waals surface area contributed by atoms with Gasteiger partial charge in [-0.2, -0.15) is 0 Å². The van der Waals surface area contributed by atoms with Crippen LogP contribution in [0.4, 0.5) is 11.7 Å². The normalized spacial score (nSPS) is 10.5. The summed E-state index contributed by atoms with van der Waals surface area (Å²) >= 11 is 1.66. The number of nitrogens with zero attached hydrogens (tertiary/aromatic N) is 1. The molecule has 13 heavy (non-hydrogen) atoms. The first-order chi connectivity index (χ1) is 6.27. The van der Waals surface area contributed by atoms with Crippen LogP contribution < -0.4 is 11.5 Å². The van der Waals surface area contributed by atoms with Gasteiger partial charge in [0.1, 0.15) is 0 Å². The molecule has 0 spiro atoms. The highest BCUT2D eigenvalue weighted by atomic mass is 32.1. The van der Waals surface area contributed by atoms with E-state index in [1.165, 1.54) is 4.88 Å². The van der Waals surface area contributed by atoms with Gasteiger partial charge >= 0.3 is 0 Å². The smallest absolute Gasteiger partial charge is 0.227 e. The number of nitrogens with two attached hydrogens (primary N) is 2. The first kappa shape index (κ1) is 8.12. The third-order valence-corrected chi connectivity index (χ3v) is 2.66. The van der Waals surface area contributed by atoms with Gasteiger partial charge in [-0.15, -0.1) is 11.3 Å². The minimum Gasteiger partial charge on any atom is -0.381 e. The van der Waals surface area contributed by atoms with E-state index in [1.807, 2.05) is 17.5 Å². The average Bonchev–Trinajstić information content (AvgIpc) is 2.70. The number of nitrogen functional groups attached to an aromatic ring is 2. The largest absolute Gasteiger partial charge is 0.381 e. The number of hydrogen-bond acceptors (Lipinski definition) is 5. The molecule has 0 aliphatic rings. The zero-order valence-electron chi connectivity index (χ0n) is 6.86. The van der Waals surface area contributed by atoms with Crippen molar-refractivity contribution in [1.82, 2.24) is 5.16 Å². The first-order valence-corrected chi connectivity index (χ1v) is 4.67. The molecular formula is C8H9N3OS. The Hall–Kier alpha value is -1.49. The molecular weight excluding hydrogens is 186 g/mol. The summed E-state index contributed by atoms with van der Waals surface area (Å²) in [5.41, 5.74) is 11.9. The molecule has 68 valence electrons. The Morgan fingerprint density at radius 3 is 2.85 bits per heavy atom. The number of thiophene rings is 1. The van der Waals surface area contributed by atoms with Gasteiger partial charge in [-0.1, -0.05) is 11.2 Å². The minimum absolute atomic E-state index is 0.311. The van der Waals surface area contributed by atoms with Gasteiger partial charge in [0.05, 0.1) is 5.56 Å². The Labute approximate surface area is 79.1 Å². The Balaban J connectivity index is 2.27. The molecule has 0 radical (unpaired) electrons. The summed E-state index contributed by atoms with van der Waals surface area (Å²) in [5, 5.41) is 5.59. The van der Waals surface area contributed by atoms with E-state index >= 15 is 0 Å². The third kappa shape index (κ3) is 1.50. The van der Waals surface area contributed by atoms with E-state index in [0.717, 1.165) is 5.56 Å². The fourth-order valence-corrected chi connectivity index (χ4v) is 1.82. The van der Waals surface area contributed by atoms with Crippen molar-refractivity contribution < 1.29 is 4.52 Å². The van der Waals surface area contributed by atoms with Gasteiger partial charge in [-0.05, 0) is 11.4 Å². The van der Waals surface area contributed by atoms with E-state index in [-0.39, 0.29) is 0 Å². The van der Waals surface area contributed by atoms with E-state index in [0.29, 0.717) is 18.1 Å². The van der Waals surface area contributed by atoms with Crippen LogP contribution >= 0.6 is 11.3 Å². The summed E-state index contributed by atoms with van der Waals surface area (Å²) in [4.78, 5) is 1.20. The molecule has 4 nitrogen and oxygen atoms in total. The second-order valence-electron chi connectivity index (χ2n) is 2.67. The Bertz CT molecular complexity index is 374. The van der Waals surface area contributed by atoms with Crippen LogP contribution in [0.1, 0.15) is 10.4 Å². The third-order valence-electron chi connectivity index (χ3n) is 1.78. The summed E-state index contributed by atoms with van der Waals surface area (Å²) in [6.07, 6.45) is 0.693. The van der Waals surface area contributed by atoms with Crippen molar-refractivity contribution in [3.05, 3.63) is 28.0 Å². The van der Waals surface area contributed by atoms with Crippen molar-refractivity contribution >= 4 is 23.0 Å². The maximum absolute atomic E-state index is 5.58. The van der Waals surface area contributed by atoms with Crippen molar-refractivity contribution in [2.24, 2.45) is 0 Å². The lowest BCUT2D eigenvalue weighted by Gasteiger charge is -1.94. The van der Waals surface area contributed by atoms with Crippen LogP contribution in [0, 0.1) is 0 Å². The fraction of sp³-hybridized carbons (Fsp3) is 0.125. The molecule has 0 amide bonds. The molecule has 0 saturated heterocycles. The molecule has 0 unspecified atom stereocenters. The Morgan fingerprint density at radius 2 is 2.31 bits per heavy atom.